The van der Waals surface area contributed by atoms with Gasteiger partial charge in [-0.2, -0.15) is 0 Å². The quantitative estimate of drug-likeness (QED) is 0.512. The van der Waals surface area contributed by atoms with Crippen molar-refractivity contribution in [1.29, 1.82) is 0 Å². The van der Waals surface area contributed by atoms with Gasteiger partial charge in [0, 0.05) is 0 Å². The Kier molecular flexibility index (Phi) is 5.14. The Morgan fingerprint density at radius 2 is 1.91 bits per heavy atom. The molecule has 0 saturated heterocycles. The first kappa shape index (κ1) is 9.48. The van der Waals surface area contributed by atoms with Gasteiger partial charge in [-0.1, -0.05) is 19.3 Å². The maximum absolute atomic E-state index is 5.45. The maximum Gasteiger partial charge on any atom is -0.00740 e. The van der Waals surface area contributed by atoms with Crippen LogP contribution in [0.3, 0.4) is 0 Å². The zero-order valence-electron chi connectivity index (χ0n) is 7.31. The molecule has 1 atom stereocenters. The minimum Gasteiger partial charge on any atom is -0.330 e. The van der Waals surface area contributed by atoms with Crippen LogP contribution in [0.15, 0.2) is 0 Å². The van der Waals surface area contributed by atoms with Crippen molar-refractivity contribution in [2.24, 2.45) is 5.73 Å². The van der Waals surface area contributed by atoms with Crippen LogP contribution in [0.2, 0.25) is 0 Å². The first-order valence-electron chi connectivity index (χ1n) is 4.87. The minimum absolute atomic E-state index is 0.889. The highest BCUT2D eigenvalue weighted by Gasteiger charge is 2.11. The summed E-state index contributed by atoms with van der Waals surface area (Å²) >= 11 is 0. The van der Waals surface area contributed by atoms with E-state index in [1.165, 1.54) is 53.3 Å². The fourth-order valence-electron chi connectivity index (χ4n) is 1.71. The molecule has 1 rings (SSSR count). The van der Waals surface area contributed by atoms with Crippen molar-refractivity contribution in [1.82, 2.24) is 0 Å². The fourth-order valence-corrected chi connectivity index (χ4v) is 3.35. The maximum atomic E-state index is 5.45. The predicted octanol–water partition coefficient (Wildman–Crippen LogP) is 2.35. The van der Waals surface area contributed by atoms with E-state index in [9.17, 15) is 0 Å². The molecule has 2 heteroatoms. The lowest BCUT2D eigenvalue weighted by Crippen LogP contribution is -2.08. The molecule has 0 aromatic carbocycles. The lowest BCUT2D eigenvalue weighted by Gasteiger charge is -2.21. The molecule has 1 aliphatic carbocycles. The zero-order valence-corrected chi connectivity index (χ0v) is 8.31. The zero-order chi connectivity index (χ0) is 7.94. The Balaban J connectivity index is 1.96. The van der Waals surface area contributed by atoms with E-state index in [4.69, 9.17) is 5.73 Å². The summed E-state index contributed by atoms with van der Waals surface area (Å²) in [5.41, 5.74) is 6.53. The second kappa shape index (κ2) is 5.97. The van der Waals surface area contributed by atoms with Gasteiger partial charge in [0.2, 0.25) is 0 Å². The van der Waals surface area contributed by atoms with Crippen molar-refractivity contribution in [3.05, 3.63) is 0 Å². The molecule has 0 radical (unpaired) electrons. The molecule has 11 heavy (non-hydrogen) atoms. The summed E-state index contributed by atoms with van der Waals surface area (Å²) in [6, 6.07) is 0. The van der Waals surface area contributed by atoms with Crippen LogP contribution in [-0.4, -0.2) is 18.4 Å². The van der Waals surface area contributed by atoms with Crippen LogP contribution in [0.5, 0.6) is 0 Å². The largest absolute Gasteiger partial charge is 0.330 e. The summed E-state index contributed by atoms with van der Waals surface area (Å²) < 4.78 is 0. The third-order valence-electron chi connectivity index (χ3n) is 2.42. The Labute approximate surface area is 71.9 Å². The van der Waals surface area contributed by atoms with Gasteiger partial charge in [-0.3, -0.25) is 0 Å². The normalized spacial score (nSPS) is 21.5. The SMILES string of the molecule is NCCCPC1CCCCC1. The van der Waals surface area contributed by atoms with Gasteiger partial charge in [0.05, 0.1) is 0 Å². The van der Waals surface area contributed by atoms with Gasteiger partial charge >= 0.3 is 0 Å². The van der Waals surface area contributed by atoms with Crippen LogP contribution in [0.1, 0.15) is 38.5 Å². The average molecular weight is 173 g/mol. The first-order chi connectivity index (χ1) is 5.43. The first-order valence-corrected chi connectivity index (χ1v) is 6.15. The third kappa shape index (κ3) is 4.08. The van der Waals surface area contributed by atoms with Crippen LogP contribution in [0, 0.1) is 0 Å². The van der Waals surface area contributed by atoms with Crippen molar-refractivity contribution in [2.75, 3.05) is 12.7 Å². The minimum atomic E-state index is 0.889. The van der Waals surface area contributed by atoms with E-state index in [1.54, 1.807) is 0 Å². The van der Waals surface area contributed by atoms with E-state index in [1.807, 2.05) is 0 Å². The average Bonchev–Trinajstić information content (AvgIpc) is 2.07. The standard InChI is InChI=1S/C9H20NP/c10-7-4-8-11-9-5-2-1-3-6-9/h9,11H,1-8,10H2. The Morgan fingerprint density at radius 1 is 1.18 bits per heavy atom. The van der Waals surface area contributed by atoms with Crippen molar-refractivity contribution in [2.45, 2.75) is 44.2 Å². The highest BCUT2D eigenvalue weighted by Crippen LogP contribution is 2.32. The summed E-state index contributed by atoms with van der Waals surface area (Å²) in [6.07, 6.45) is 10.1. The summed E-state index contributed by atoms with van der Waals surface area (Å²) in [6.45, 7) is 0.889. The Morgan fingerprint density at radius 3 is 2.55 bits per heavy atom. The molecule has 1 unspecified atom stereocenters. The van der Waals surface area contributed by atoms with E-state index in [-0.39, 0.29) is 0 Å². The molecule has 1 aliphatic rings. The van der Waals surface area contributed by atoms with E-state index in [2.05, 4.69) is 0 Å². The predicted molar refractivity (Wildman–Crippen MR) is 53.7 cm³/mol. The molecule has 0 amide bonds. The molecular weight excluding hydrogens is 153 g/mol. The second-order valence-corrected chi connectivity index (χ2v) is 5.16. The van der Waals surface area contributed by atoms with Crippen LogP contribution in [-0.2, 0) is 0 Å². The fraction of sp³-hybridized carbons (Fsp3) is 1.00. The Hall–Kier alpha value is 0.390. The molecule has 66 valence electrons. The van der Waals surface area contributed by atoms with Gasteiger partial charge in [0.1, 0.15) is 0 Å². The summed E-state index contributed by atoms with van der Waals surface area (Å²) in [7, 11) is 1.21. The van der Waals surface area contributed by atoms with Gasteiger partial charge in [-0.15, -0.1) is 8.58 Å². The van der Waals surface area contributed by atoms with Crippen LogP contribution in [0.4, 0.5) is 0 Å². The lowest BCUT2D eigenvalue weighted by molar-refractivity contribution is 0.513. The summed E-state index contributed by atoms with van der Waals surface area (Å²) in [5.74, 6) is 0. The van der Waals surface area contributed by atoms with Crippen LogP contribution >= 0.6 is 8.58 Å². The molecule has 2 N–H and O–H groups in total. The van der Waals surface area contributed by atoms with Crippen molar-refractivity contribution < 1.29 is 0 Å². The molecule has 0 spiro atoms. The number of hydrogen-bond acceptors (Lipinski definition) is 1. The highest BCUT2D eigenvalue weighted by molar-refractivity contribution is 7.38. The highest BCUT2D eigenvalue weighted by atomic mass is 31.1. The van der Waals surface area contributed by atoms with E-state index in [0.717, 1.165) is 12.2 Å². The topological polar surface area (TPSA) is 26.0 Å². The molecule has 1 saturated carbocycles. The van der Waals surface area contributed by atoms with E-state index in [0.29, 0.717) is 0 Å². The summed E-state index contributed by atoms with van der Waals surface area (Å²) in [4.78, 5) is 0. The third-order valence-corrected chi connectivity index (χ3v) is 4.22. The molecule has 1 nitrogen and oxygen atoms in total. The second-order valence-electron chi connectivity index (χ2n) is 3.43. The molecule has 1 fully saturated rings. The molecular formula is C9H20NP. The monoisotopic (exact) mass is 173 g/mol. The van der Waals surface area contributed by atoms with Gasteiger partial charge in [-0.05, 0) is 37.6 Å². The van der Waals surface area contributed by atoms with Gasteiger partial charge in [-0.25, -0.2) is 0 Å². The van der Waals surface area contributed by atoms with Gasteiger partial charge < -0.3 is 5.73 Å². The van der Waals surface area contributed by atoms with Gasteiger partial charge in [0.15, 0.2) is 0 Å². The van der Waals surface area contributed by atoms with Crippen molar-refractivity contribution >= 4 is 8.58 Å². The summed E-state index contributed by atoms with van der Waals surface area (Å²) in [5, 5.41) is 0. The van der Waals surface area contributed by atoms with E-state index < -0.39 is 0 Å². The number of hydrogen-bond donors (Lipinski definition) is 1. The Bertz CT molecular complexity index is 89.6. The van der Waals surface area contributed by atoms with Crippen molar-refractivity contribution in [3.8, 4) is 0 Å². The smallest absolute Gasteiger partial charge is 0.00740 e. The molecule has 0 aromatic heterocycles. The molecule has 0 aliphatic heterocycles. The molecule has 0 bridgehead atoms. The molecule has 0 aromatic rings. The number of nitrogens with two attached hydrogens (primary N) is 1. The lowest BCUT2D eigenvalue weighted by atomic mass is 10.0. The van der Waals surface area contributed by atoms with Crippen molar-refractivity contribution in [3.63, 3.8) is 0 Å². The van der Waals surface area contributed by atoms with Crippen LogP contribution < -0.4 is 5.73 Å². The van der Waals surface area contributed by atoms with E-state index >= 15 is 0 Å². The molecule has 0 heterocycles. The van der Waals surface area contributed by atoms with Gasteiger partial charge in [0.25, 0.3) is 0 Å². The number of rotatable bonds is 4. The van der Waals surface area contributed by atoms with Crippen LogP contribution in [0.25, 0.3) is 0 Å².